The molecule has 0 bridgehead atoms. The molecular weight excluding hydrogens is 192 g/mol. The van der Waals surface area contributed by atoms with Crippen LogP contribution in [0.2, 0.25) is 0 Å². The minimum atomic E-state index is -0.0904. The first-order chi connectivity index (χ1) is 7.13. The van der Waals surface area contributed by atoms with Crippen LogP contribution in [-0.4, -0.2) is 30.8 Å². The van der Waals surface area contributed by atoms with Gasteiger partial charge in [0.2, 0.25) is 0 Å². The summed E-state index contributed by atoms with van der Waals surface area (Å²) in [7, 11) is 0. The molecule has 88 valence electrons. The standard InChI is InChI=1S/C11H22N2O2/c1-4-8(2)12-11(14)13-9(3)10-6-5-7-15-10/h8-10H,4-7H2,1-3H3,(H2,12,13,14)/t8-,9-,10+/m1/s1. The van der Waals surface area contributed by atoms with Crippen LogP contribution in [0.5, 0.6) is 0 Å². The molecule has 0 radical (unpaired) electrons. The first-order valence-corrected chi connectivity index (χ1v) is 5.82. The van der Waals surface area contributed by atoms with Crippen LogP contribution in [-0.2, 0) is 4.74 Å². The van der Waals surface area contributed by atoms with E-state index in [9.17, 15) is 4.79 Å². The van der Waals surface area contributed by atoms with Crippen molar-refractivity contribution in [2.24, 2.45) is 0 Å². The monoisotopic (exact) mass is 214 g/mol. The molecular formula is C11H22N2O2. The van der Waals surface area contributed by atoms with Gasteiger partial charge in [0.1, 0.15) is 0 Å². The second kappa shape index (κ2) is 5.95. The third kappa shape index (κ3) is 4.08. The first kappa shape index (κ1) is 12.3. The molecule has 1 aliphatic rings. The Bertz CT molecular complexity index is 203. The highest BCUT2D eigenvalue weighted by molar-refractivity contribution is 5.74. The van der Waals surface area contributed by atoms with Gasteiger partial charge in [-0.05, 0) is 33.1 Å². The van der Waals surface area contributed by atoms with Crippen molar-refractivity contribution in [3.8, 4) is 0 Å². The van der Waals surface area contributed by atoms with Crippen molar-refractivity contribution in [3.63, 3.8) is 0 Å². The van der Waals surface area contributed by atoms with Gasteiger partial charge in [-0.25, -0.2) is 4.79 Å². The number of hydrogen-bond acceptors (Lipinski definition) is 2. The van der Waals surface area contributed by atoms with E-state index < -0.39 is 0 Å². The molecule has 2 N–H and O–H groups in total. The molecule has 1 aliphatic heterocycles. The minimum Gasteiger partial charge on any atom is -0.376 e. The van der Waals surface area contributed by atoms with E-state index in [1.54, 1.807) is 0 Å². The van der Waals surface area contributed by atoms with Crippen molar-refractivity contribution in [2.75, 3.05) is 6.61 Å². The molecule has 2 amide bonds. The van der Waals surface area contributed by atoms with Crippen molar-refractivity contribution in [1.82, 2.24) is 10.6 Å². The van der Waals surface area contributed by atoms with E-state index in [0.29, 0.717) is 0 Å². The Morgan fingerprint density at radius 2 is 2.20 bits per heavy atom. The lowest BCUT2D eigenvalue weighted by molar-refractivity contribution is 0.0859. The second-order valence-electron chi connectivity index (χ2n) is 4.27. The quantitative estimate of drug-likeness (QED) is 0.747. The molecule has 1 heterocycles. The minimum absolute atomic E-state index is 0.0904. The van der Waals surface area contributed by atoms with Crippen LogP contribution < -0.4 is 10.6 Å². The zero-order chi connectivity index (χ0) is 11.3. The number of hydrogen-bond donors (Lipinski definition) is 2. The van der Waals surface area contributed by atoms with Gasteiger partial charge in [-0.15, -0.1) is 0 Å². The van der Waals surface area contributed by atoms with Crippen LogP contribution in [0, 0.1) is 0 Å². The lowest BCUT2D eigenvalue weighted by atomic mass is 10.1. The van der Waals surface area contributed by atoms with E-state index in [4.69, 9.17) is 4.74 Å². The van der Waals surface area contributed by atoms with E-state index in [1.165, 1.54) is 0 Å². The Hall–Kier alpha value is -0.770. The van der Waals surface area contributed by atoms with E-state index in [1.807, 2.05) is 13.8 Å². The Balaban J connectivity index is 2.24. The summed E-state index contributed by atoms with van der Waals surface area (Å²) in [5.41, 5.74) is 0. The first-order valence-electron chi connectivity index (χ1n) is 5.82. The van der Waals surface area contributed by atoms with Gasteiger partial charge in [0, 0.05) is 12.6 Å². The predicted octanol–water partition coefficient (Wildman–Crippen LogP) is 1.65. The lowest BCUT2D eigenvalue weighted by Crippen LogP contribution is -2.48. The summed E-state index contributed by atoms with van der Waals surface area (Å²) in [4.78, 5) is 11.5. The Morgan fingerprint density at radius 3 is 2.73 bits per heavy atom. The van der Waals surface area contributed by atoms with Gasteiger partial charge in [-0.3, -0.25) is 0 Å². The molecule has 0 spiro atoms. The van der Waals surface area contributed by atoms with Gasteiger partial charge in [0.15, 0.2) is 0 Å². The van der Waals surface area contributed by atoms with Crippen molar-refractivity contribution < 1.29 is 9.53 Å². The number of ether oxygens (including phenoxy) is 1. The highest BCUT2D eigenvalue weighted by atomic mass is 16.5. The summed E-state index contributed by atoms with van der Waals surface area (Å²) < 4.78 is 5.50. The maximum absolute atomic E-state index is 11.5. The predicted molar refractivity (Wildman–Crippen MR) is 59.9 cm³/mol. The maximum atomic E-state index is 11.5. The molecule has 15 heavy (non-hydrogen) atoms. The average molecular weight is 214 g/mol. The zero-order valence-electron chi connectivity index (χ0n) is 9.88. The molecule has 1 saturated heterocycles. The number of rotatable bonds is 4. The molecule has 4 nitrogen and oxygen atoms in total. The third-order valence-electron chi connectivity index (χ3n) is 2.87. The van der Waals surface area contributed by atoms with Crippen LogP contribution in [0.25, 0.3) is 0 Å². The maximum Gasteiger partial charge on any atom is 0.315 e. The molecule has 0 aliphatic carbocycles. The second-order valence-corrected chi connectivity index (χ2v) is 4.27. The van der Waals surface area contributed by atoms with Crippen LogP contribution in [0.15, 0.2) is 0 Å². The summed E-state index contributed by atoms with van der Waals surface area (Å²) in [6, 6.07) is 0.227. The number of amides is 2. The van der Waals surface area contributed by atoms with Crippen LogP contribution in [0.3, 0.4) is 0 Å². The van der Waals surface area contributed by atoms with E-state index in [0.717, 1.165) is 25.9 Å². The summed E-state index contributed by atoms with van der Waals surface area (Å²) in [6.45, 7) is 6.86. The number of urea groups is 1. The highest BCUT2D eigenvalue weighted by Gasteiger charge is 2.23. The zero-order valence-corrected chi connectivity index (χ0v) is 9.88. The Labute approximate surface area is 91.8 Å². The highest BCUT2D eigenvalue weighted by Crippen LogP contribution is 2.15. The largest absolute Gasteiger partial charge is 0.376 e. The molecule has 0 aromatic rings. The van der Waals surface area contributed by atoms with Gasteiger partial charge in [0.05, 0.1) is 12.1 Å². The molecule has 0 aromatic carbocycles. The number of carbonyl (C=O) groups is 1. The van der Waals surface area contributed by atoms with Crippen molar-refractivity contribution in [2.45, 2.75) is 58.2 Å². The molecule has 1 rings (SSSR count). The molecule has 4 heteroatoms. The SMILES string of the molecule is CC[C@@H](C)NC(=O)N[C@H](C)[C@@H]1CCCO1. The van der Waals surface area contributed by atoms with E-state index >= 15 is 0 Å². The van der Waals surface area contributed by atoms with Gasteiger partial charge < -0.3 is 15.4 Å². The third-order valence-corrected chi connectivity index (χ3v) is 2.87. The fourth-order valence-electron chi connectivity index (χ4n) is 1.66. The molecule has 0 unspecified atom stereocenters. The summed E-state index contributed by atoms with van der Waals surface area (Å²) in [5.74, 6) is 0. The summed E-state index contributed by atoms with van der Waals surface area (Å²) in [6.07, 6.45) is 3.28. The van der Waals surface area contributed by atoms with Crippen molar-refractivity contribution >= 4 is 6.03 Å². The van der Waals surface area contributed by atoms with E-state index in [-0.39, 0.29) is 24.2 Å². The summed E-state index contributed by atoms with van der Waals surface area (Å²) >= 11 is 0. The van der Waals surface area contributed by atoms with Crippen molar-refractivity contribution in [1.29, 1.82) is 0 Å². The molecule has 0 aromatic heterocycles. The van der Waals surface area contributed by atoms with E-state index in [2.05, 4.69) is 17.6 Å². The van der Waals surface area contributed by atoms with Crippen molar-refractivity contribution in [3.05, 3.63) is 0 Å². The van der Waals surface area contributed by atoms with Gasteiger partial charge in [-0.2, -0.15) is 0 Å². The Morgan fingerprint density at radius 1 is 1.47 bits per heavy atom. The average Bonchev–Trinajstić information content (AvgIpc) is 2.70. The topological polar surface area (TPSA) is 50.4 Å². The number of carbonyl (C=O) groups excluding carboxylic acids is 1. The van der Waals surface area contributed by atoms with Crippen LogP contribution in [0.1, 0.15) is 40.0 Å². The van der Waals surface area contributed by atoms with Crippen LogP contribution >= 0.6 is 0 Å². The fraction of sp³-hybridized carbons (Fsp3) is 0.909. The Kier molecular flexibility index (Phi) is 4.88. The number of nitrogens with one attached hydrogen (secondary N) is 2. The van der Waals surface area contributed by atoms with Crippen LogP contribution in [0.4, 0.5) is 4.79 Å². The lowest BCUT2D eigenvalue weighted by Gasteiger charge is -2.21. The summed E-state index contributed by atoms with van der Waals surface area (Å²) in [5, 5.41) is 5.79. The molecule has 0 saturated carbocycles. The molecule has 3 atom stereocenters. The fourth-order valence-corrected chi connectivity index (χ4v) is 1.66. The van der Waals surface area contributed by atoms with Gasteiger partial charge in [-0.1, -0.05) is 6.92 Å². The normalized spacial score (nSPS) is 24.6. The molecule has 1 fully saturated rings. The van der Waals surface area contributed by atoms with Gasteiger partial charge in [0.25, 0.3) is 0 Å². The van der Waals surface area contributed by atoms with Gasteiger partial charge >= 0.3 is 6.03 Å². The smallest absolute Gasteiger partial charge is 0.315 e.